The fourth-order valence-corrected chi connectivity index (χ4v) is 6.72. The van der Waals surface area contributed by atoms with Gasteiger partial charge in [0.05, 0.1) is 29.2 Å². The van der Waals surface area contributed by atoms with Gasteiger partial charge in [0.25, 0.3) is 0 Å². The van der Waals surface area contributed by atoms with Crippen molar-refractivity contribution in [3.63, 3.8) is 0 Å². The summed E-state index contributed by atoms with van der Waals surface area (Å²) in [7, 11) is -2.21. The van der Waals surface area contributed by atoms with Gasteiger partial charge < -0.3 is 0 Å². The maximum absolute atomic E-state index is 14.1. The lowest BCUT2D eigenvalue weighted by molar-refractivity contribution is 0.0770. The van der Waals surface area contributed by atoms with Gasteiger partial charge in [-0.25, -0.2) is 17.5 Å². The summed E-state index contributed by atoms with van der Waals surface area (Å²) in [6.07, 6.45) is 8.59. The van der Waals surface area contributed by atoms with Crippen LogP contribution in [0, 0.1) is 11.2 Å². The van der Waals surface area contributed by atoms with Crippen LogP contribution in [-0.4, -0.2) is 56.1 Å². The van der Waals surface area contributed by atoms with Gasteiger partial charge >= 0.3 is 0 Å². The third-order valence-electron chi connectivity index (χ3n) is 7.10. The van der Waals surface area contributed by atoms with Crippen molar-refractivity contribution >= 4 is 21.9 Å². The third kappa shape index (κ3) is 3.82. The number of piperidine rings is 1. The molecular weight excluding hydrogens is 495 g/mol. The Labute approximate surface area is 212 Å². The van der Waals surface area contributed by atoms with E-state index >= 15 is 0 Å². The van der Waals surface area contributed by atoms with Gasteiger partial charge in [-0.1, -0.05) is 11.6 Å². The molecule has 11 heteroatoms. The molecular formula is C26H23FN6O3S. The second-order valence-corrected chi connectivity index (χ2v) is 11.3. The molecule has 188 valence electrons. The first-order valence-corrected chi connectivity index (χ1v) is 13.2. The summed E-state index contributed by atoms with van der Waals surface area (Å²) in [5.74, 6) is -0.573. The number of benzene rings is 1. The number of aromatic nitrogens is 5. The zero-order chi connectivity index (χ0) is 25.8. The molecule has 1 fully saturated rings. The lowest BCUT2D eigenvalue weighted by atomic mass is 9.65. The van der Waals surface area contributed by atoms with Crippen LogP contribution in [0.1, 0.15) is 28.2 Å². The molecule has 1 aliphatic heterocycles. The van der Waals surface area contributed by atoms with Crippen molar-refractivity contribution in [3.05, 3.63) is 95.6 Å². The summed E-state index contributed by atoms with van der Waals surface area (Å²) >= 11 is 0. The van der Waals surface area contributed by atoms with Crippen LogP contribution in [0.25, 0.3) is 11.8 Å². The van der Waals surface area contributed by atoms with Crippen LogP contribution in [0.4, 0.5) is 4.39 Å². The fourth-order valence-electron chi connectivity index (χ4n) is 5.23. The Morgan fingerprint density at radius 2 is 1.89 bits per heavy atom. The number of hydrogen-bond donors (Lipinski definition) is 0. The molecule has 1 atom stereocenters. The maximum Gasteiger partial charge on any atom is 0.246 e. The standard InChI is InChI=1S/C26H23FN6O3S/c1-31-16-22(15-29-31)37(35,36)32-11-9-19-12-24-18(14-30-33(24)21-7-5-20(27)6-8-21)13-26(19,17-32)25(34)23-4-2-3-10-28-23/h2-8,10,12,14-16H,9,11,13,17H2,1H3. The SMILES string of the molecule is Cn1cc(S(=O)(=O)N2CCC3=Cc4c(cnn4-c4ccc(F)cc4)CC3(C(=O)c3ccccn3)C2)cn1. The highest BCUT2D eigenvalue weighted by atomic mass is 32.2. The number of rotatable bonds is 5. The molecule has 0 saturated carbocycles. The molecule has 0 bridgehead atoms. The molecule has 4 heterocycles. The van der Waals surface area contributed by atoms with E-state index in [1.807, 2.05) is 6.08 Å². The van der Waals surface area contributed by atoms with E-state index in [1.54, 1.807) is 54.5 Å². The van der Waals surface area contributed by atoms with Crippen LogP contribution >= 0.6 is 0 Å². The molecule has 1 saturated heterocycles. The van der Waals surface area contributed by atoms with E-state index < -0.39 is 15.4 Å². The summed E-state index contributed by atoms with van der Waals surface area (Å²) < 4.78 is 45.1. The Morgan fingerprint density at radius 3 is 2.59 bits per heavy atom. The first-order valence-electron chi connectivity index (χ1n) is 11.8. The Hall–Kier alpha value is -3.96. The van der Waals surface area contributed by atoms with Crippen molar-refractivity contribution in [3.8, 4) is 5.69 Å². The van der Waals surface area contributed by atoms with E-state index in [1.165, 1.54) is 33.5 Å². The molecule has 37 heavy (non-hydrogen) atoms. The first-order chi connectivity index (χ1) is 17.8. The summed E-state index contributed by atoms with van der Waals surface area (Å²) in [6.45, 7) is 0.201. The van der Waals surface area contributed by atoms with Gasteiger partial charge in [-0.15, -0.1) is 0 Å². The van der Waals surface area contributed by atoms with Gasteiger partial charge in [0.1, 0.15) is 16.4 Å². The number of nitrogens with zero attached hydrogens (tertiary/aromatic N) is 6. The smallest absolute Gasteiger partial charge is 0.246 e. The number of fused-ring (bicyclic) bond motifs is 2. The van der Waals surface area contributed by atoms with Gasteiger partial charge in [0.2, 0.25) is 10.0 Å². The number of halogens is 1. The predicted octanol–water partition coefficient (Wildman–Crippen LogP) is 3.04. The van der Waals surface area contributed by atoms with Crippen molar-refractivity contribution < 1.29 is 17.6 Å². The zero-order valence-corrected chi connectivity index (χ0v) is 20.8. The van der Waals surface area contributed by atoms with Crippen LogP contribution in [0.3, 0.4) is 0 Å². The minimum absolute atomic E-state index is 0.0212. The van der Waals surface area contributed by atoms with Crippen molar-refractivity contribution in [2.24, 2.45) is 12.5 Å². The molecule has 0 spiro atoms. The molecule has 0 N–H and O–H groups in total. The van der Waals surface area contributed by atoms with Gasteiger partial charge in [-0.3, -0.25) is 14.5 Å². The number of pyridine rings is 1. The van der Waals surface area contributed by atoms with Crippen LogP contribution in [0.5, 0.6) is 0 Å². The van der Waals surface area contributed by atoms with Crippen LogP contribution in [0.15, 0.2) is 77.7 Å². The number of carbonyl (C=O) groups is 1. The number of ketones is 1. The van der Waals surface area contributed by atoms with Gasteiger partial charge in [-0.05, 0) is 60.9 Å². The summed E-state index contributed by atoms with van der Waals surface area (Å²) in [4.78, 5) is 18.5. The van der Waals surface area contributed by atoms with E-state index in [0.717, 1.165) is 16.8 Å². The molecule has 6 rings (SSSR count). The van der Waals surface area contributed by atoms with Crippen molar-refractivity contribution in [2.45, 2.75) is 17.7 Å². The third-order valence-corrected chi connectivity index (χ3v) is 8.90. The first kappa shape index (κ1) is 23.4. The van der Waals surface area contributed by atoms with Crippen molar-refractivity contribution in [1.29, 1.82) is 0 Å². The second kappa shape index (κ2) is 8.56. The largest absolute Gasteiger partial charge is 0.291 e. The minimum Gasteiger partial charge on any atom is -0.291 e. The number of carbonyl (C=O) groups excluding carboxylic acids is 1. The number of sulfonamides is 1. The molecule has 9 nitrogen and oxygen atoms in total. The molecule has 0 amide bonds. The topological polar surface area (TPSA) is 103 Å². The van der Waals surface area contributed by atoms with E-state index in [4.69, 9.17) is 0 Å². The van der Waals surface area contributed by atoms with Crippen molar-refractivity contribution in [2.75, 3.05) is 13.1 Å². The van der Waals surface area contributed by atoms with Crippen molar-refractivity contribution in [1.82, 2.24) is 28.9 Å². The fraction of sp³-hybridized carbons (Fsp3) is 0.231. The van der Waals surface area contributed by atoms with E-state index in [2.05, 4.69) is 15.2 Å². The average Bonchev–Trinajstić information content (AvgIpc) is 3.53. The number of aryl methyl sites for hydroxylation is 1. The lowest BCUT2D eigenvalue weighted by Crippen LogP contribution is -2.53. The Morgan fingerprint density at radius 1 is 1.08 bits per heavy atom. The minimum atomic E-state index is -3.87. The summed E-state index contributed by atoms with van der Waals surface area (Å²) in [5.41, 5.74) is 2.28. The normalized spacial score (nSPS) is 19.7. The second-order valence-electron chi connectivity index (χ2n) is 9.35. The van der Waals surface area contributed by atoms with Crippen LogP contribution in [-0.2, 0) is 23.5 Å². The number of Topliss-reactive ketones (excluding diaryl/α,β-unsaturated/α-hetero) is 1. The highest BCUT2D eigenvalue weighted by Crippen LogP contribution is 2.47. The molecule has 3 aromatic heterocycles. The van der Waals surface area contributed by atoms with Crippen LogP contribution in [0.2, 0.25) is 0 Å². The van der Waals surface area contributed by atoms with E-state index in [0.29, 0.717) is 12.1 Å². The molecule has 4 aromatic rings. The number of hydrogen-bond acceptors (Lipinski definition) is 6. The quantitative estimate of drug-likeness (QED) is 0.376. The monoisotopic (exact) mass is 518 g/mol. The summed E-state index contributed by atoms with van der Waals surface area (Å²) in [6, 6.07) is 11.2. The molecule has 0 radical (unpaired) electrons. The van der Waals surface area contributed by atoms with Crippen LogP contribution < -0.4 is 0 Å². The Balaban J connectivity index is 1.45. The molecule has 2 aliphatic rings. The van der Waals surface area contributed by atoms with Gasteiger partial charge in [0, 0.05) is 32.5 Å². The van der Waals surface area contributed by atoms with Gasteiger partial charge in [0.15, 0.2) is 5.78 Å². The lowest BCUT2D eigenvalue weighted by Gasteiger charge is -2.44. The molecule has 1 aliphatic carbocycles. The van der Waals surface area contributed by atoms with E-state index in [-0.39, 0.29) is 41.7 Å². The molecule has 1 aromatic carbocycles. The highest BCUT2D eigenvalue weighted by molar-refractivity contribution is 7.89. The highest BCUT2D eigenvalue weighted by Gasteiger charge is 2.51. The Kier molecular flexibility index (Phi) is 5.42. The van der Waals surface area contributed by atoms with Gasteiger partial charge in [-0.2, -0.15) is 14.5 Å². The Bertz CT molecular complexity index is 1640. The average molecular weight is 519 g/mol. The maximum atomic E-state index is 14.1. The van der Waals surface area contributed by atoms with E-state index in [9.17, 15) is 17.6 Å². The predicted molar refractivity (Wildman–Crippen MR) is 133 cm³/mol. The molecule has 1 unspecified atom stereocenters. The summed E-state index contributed by atoms with van der Waals surface area (Å²) in [5, 5.41) is 8.53. The zero-order valence-electron chi connectivity index (χ0n) is 20.0.